The van der Waals surface area contributed by atoms with Gasteiger partial charge in [0.25, 0.3) is 5.91 Å². The van der Waals surface area contributed by atoms with Crippen molar-refractivity contribution in [2.45, 2.75) is 39.5 Å². The van der Waals surface area contributed by atoms with E-state index in [4.69, 9.17) is 13.9 Å². The van der Waals surface area contributed by atoms with Crippen LogP contribution >= 0.6 is 0 Å². The lowest BCUT2D eigenvalue weighted by atomic mass is 10.1. The average Bonchev–Trinajstić information content (AvgIpc) is 3.17. The summed E-state index contributed by atoms with van der Waals surface area (Å²) in [5.74, 6) is 0.412. The summed E-state index contributed by atoms with van der Waals surface area (Å²) in [6, 6.07) is 2.04. The van der Waals surface area contributed by atoms with E-state index in [1.54, 1.807) is 6.26 Å². The first-order valence-corrected chi connectivity index (χ1v) is 8.70. The molecule has 4 rings (SSSR count). The van der Waals surface area contributed by atoms with Gasteiger partial charge in [-0.25, -0.2) is 0 Å². The maximum Gasteiger partial charge on any atom is 0.290 e. The molecule has 2 aromatic heterocycles. The summed E-state index contributed by atoms with van der Waals surface area (Å²) >= 11 is 0. The van der Waals surface area contributed by atoms with Gasteiger partial charge < -0.3 is 18.8 Å². The maximum atomic E-state index is 12.9. The second kappa shape index (κ2) is 6.65. The Morgan fingerprint density at radius 2 is 2.24 bits per heavy atom. The highest BCUT2D eigenvalue weighted by atomic mass is 16.5. The van der Waals surface area contributed by atoms with Crippen LogP contribution in [0.5, 0.6) is 0 Å². The Kier molecular flexibility index (Phi) is 4.35. The van der Waals surface area contributed by atoms with Crippen molar-refractivity contribution in [3.63, 3.8) is 0 Å². The third kappa shape index (κ3) is 3.21. The summed E-state index contributed by atoms with van der Waals surface area (Å²) in [6.45, 7) is 7.47. The van der Waals surface area contributed by atoms with Crippen LogP contribution in [0.2, 0.25) is 0 Å². The first-order chi connectivity index (χ1) is 12.1. The van der Waals surface area contributed by atoms with Gasteiger partial charge in [-0.2, -0.15) is 5.10 Å². The van der Waals surface area contributed by atoms with Gasteiger partial charge in [-0.05, 0) is 19.9 Å². The van der Waals surface area contributed by atoms with Crippen LogP contribution in [0.25, 0.3) is 0 Å². The molecular formula is C18H23N3O4. The molecule has 0 spiro atoms. The molecule has 2 aromatic rings. The van der Waals surface area contributed by atoms with Crippen molar-refractivity contribution in [2.75, 3.05) is 26.3 Å². The molecule has 1 saturated heterocycles. The predicted octanol–water partition coefficient (Wildman–Crippen LogP) is 1.71. The van der Waals surface area contributed by atoms with E-state index < -0.39 is 0 Å². The molecule has 1 unspecified atom stereocenters. The molecule has 7 heteroatoms. The van der Waals surface area contributed by atoms with E-state index in [0.29, 0.717) is 45.2 Å². The van der Waals surface area contributed by atoms with E-state index in [1.807, 2.05) is 29.5 Å². The summed E-state index contributed by atoms with van der Waals surface area (Å²) < 4.78 is 18.8. The predicted molar refractivity (Wildman–Crippen MR) is 89.4 cm³/mol. The minimum Gasteiger partial charge on any atom is -0.458 e. The molecule has 0 aromatic carbocycles. The van der Waals surface area contributed by atoms with Gasteiger partial charge in [0.05, 0.1) is 44.4 Å². The van der Waals surface area contributed by atoms with Crippen LogP contribution in [0.15, 0.2) is 16.7 Å². The van der Waals surface area contributed by atoms with Gasteiger partial charge in [0.2, 0.25) is 0 Å². The summed E-state index contributed by atoms with van der Waals surface area (Å²) in [5, 5.41) is 4.48. The Balaban J connectivity index is 1.46. The van der Waals surface area contributed by atoms with Crippen molar-refractivity contribution in [3.05, 3.63) is 40.6 Å². The average molecular weight is 345 g/mol. The van der Waals surface area contributed by atoms with Gasteiger partial charge in [0.15, 0.2) is 5.76 Å². The number of morpholine rings is 1. The molecule has 2 aliphatic heterocycles. The topological polar surface area (TPSA) is 69.7 Å². The van der Waals surface area contributed by atoms with Gasteiger partial charge in [-0.1, -0.05) is 0 Å². The summed E-state index contributed by atoms with van der Waals surface area (Å²) in [7, 11) is 0. The molecule has 1 atom stereocenters. The fraction of sp³-hybridized carbons (Fsp3) is 0.556. The zero-order valence-electron chi connectivity index (χ0n) is 14.7. The van der Waals surface area contributed by atoms with Gasteiger partial charge >= 0.3 is 0 Å². The summed E-state index contributed by atoms with van der Waals surface area (Å²) in [5.41, 5.74) is 4.08. The molecule has 0 aliphatic carbocycles. The highest BCUT2D eigenvalue weighted by Gasteiger charge is 2.30. The molecule has 1 amide bonds. The van der Waals surface area contributed by atoms with Crippen LogP contribution in [0.4, 0.5) is 0 Å². The fourth-order valence-corrected chi connectivity index (χ4v) is 3.56. The molecule has 4 heterocycles. The summed E-state index contributed by atoms with van der Waals surface area (Å²) in [6.07, 6.45) is 2.31. The number of carbonyl (C=O) groups is 1. The molecule has 134 valence electrons. The number of rotatable bonds is 3. The minimum atomic E-state index is -0.0650. The normalized spacial score (nSPS) is 20.6. The van der Waals surface area contributed by atoms with Gasteiger partial charge in [0, 0.05) is 36.3 Å². The van der Waals surface area contributed by atoms with Crippen molar-refractivity contribution >= 4 is 5.91 Å². The number of hydrogen-bond donors (Lipinski definition) is 0. The fourth-order valence-electron chi connectivity index (χ4n) is 3.56. The number of furan rings is 1. The summed E-state index contributed by atoms with van der Waals surface area (Å²) in [4.78, 5) is 14.7. The number of nitrogens with zero attached hydrogens (tertiary/aromatic N) is 3. The monoisotopic (exact) mass is 345 g/mol. The second-order valence-corrected chi connectivity index (χ2v) is 6.72. The molecule has 2 aliphatic rings. The van der Waals surface area contributed by atoms with Crippen LogP contribution in [0.1, 0.15) is 33.1 Å². The van der Waals surface area contributed by atoms with E-state index in [1.165, 1.54) is 0 Å². The van der Waals surface area contributed by atoms with Crippen LogP contribution in [-0.4, -0.2) is 53.0 Å². The number of aromatic nitrogens is 2. The van der Waals surface area contributed by atoms with Crippen LogP contribution < -0.4 is 0 Å². The Morgan fingerprint density at radius 3 is 3.04 bits per heavy atom. The molecule has 25 heavy (non-hydrogen) atoms. The number of aryl methyl sites for hydroxylation is 2. The van der Waals surface area contributed by atoms with Gasteiger partial charge in [0.1, 0.15) is 0 Å². The van der Waals surface area contributed by atoms with E-state index in [-0.39, 0.29) is 12.0 Å². The number of hydrogen-bond acceptors (Lipinski definition) is 5. The molecule has 7 nitrogen and oxygen atoms in total. The highest BCUT2D eigenvalue weighted by Crippen LogP contribution is 2.25. The number of amides is 1. The minimum absolute atomic E-state index is 0.0511. The number of ether oxygens (including phenoxy) is 2. The first kappa shape index (κ1) is 16.4. The third-order valence-electron chi connectivity index (χ3n) is 4.83. The van der Waals surface area contributed by atoms with Crippen LogP contribution in [0, 0.1) is 13.8 Å². The smallest absolute Gasteiger partial charge is 0.290 e. The van der Waals surface area contributed by atoms with Crippen molar-refractivity contribution in [2.24, 2.45) is 0 Å². The van der Waals surface area contributed by atoms with E-state index in [2.05, 4.69) is 5.10 Å². The SMILES string of the molecule is Cc1cc(C)n(CC2CN(C(=O)c3occ4c3CCOC4)CCO2)n1. The molecule has 0 bridgehead atoms. The Bertz CT molecular complexity index is 779. The lowest BCUT2D eigenvalue weighted by Crippen LogP contribution is -2.47. The molecule has 0 N–H and O–H groups in total. The molecule has 0 saturated carbocycles. The quantitative estimate of drug-likeness (QED) is 0.847. The van der Waals surface area contributed by atoms with E-state index >= 15 is 0 Å². The Labute approximate surface area is 146 Å². The van der Waals surface area contributed by atoms with Crippen molar-refractivity contribution in [1.82, 2.24) is 14.7 Å². The molecule has 1 fully saturated rings. The van der Waals surface area contributed by atoms with Crippen LogP contribution in [-0.2, 0) is 29.0 Å². The lowest BCUT2D eigenvalue weighted by molar-refractivity contribution is -0.0311. The Hall–Kier alpha value is -2.12. The first-order valence-electron chi connectivity index (χ1n) is 8.70. The second-order valence-electron chi connectivity index (χ2n) is 6.72. The van der Waals surface area contributed by atoms with Crippen molar-refractivity contribution in [1.29, 1.82) is 0 Å². The van der Waals surface area contributed by atoms with Crippen LogP contribution in [0.3, 0.4) is 0 Å². The standard InChI is InChI=1S/C18H23N3O4/c1-12-7-13(2)21(19-12)9-15-8-20(4-6-24-15)18(22)17-16-3-5-23-10-14(16)11-25-17/h7,11,15H,3-6,8-10H2,1-2H3. The Morgan fingerprint density at radius 1 is 1.36 bits per heavy atom. The lowest BCUT2D eigenvalue weighted by Gasteiger charge is -2.32. The molecular weight excluding hydrogens is 322 g/mol. The van der Waals surface area contributed by atoms with E-state index in [9.17, 15) is 4.79 Å². The van der Waals surface area contributed by atoms with Gasteiger partial charge in [-0.3, -0.25) is 9.48 Å². The van der Waals surface area contributed by atoms with Crippen molar-refractivity contribution < 1.29 is 18.7 Å². The highest BCUT2D eigenvalue weighted by molar-refractivity contribution is 5.93. The van der Waals surface area contributed by atoms with Gasteiger partial charge in [-0.15, -0.1) is 0 Å². The number of fused-ring (bicyclic) bond motifs is 1. The zero-order valence-corrected chi connectivity index (χ0v) is 14.7. The number of carbonyl (C=O) groups excluding carboxylic acids is 1. The van der Waals surface area contributed by atoms with E-state index in [0.717, 1.165) is 28.9 Å². The third-order valence-corrected chi connectivity index (χ3v) is 4.83. The zero-order chi connectivity index (χ0) is 17.4. The van der Waals surface area contributed by atoms with Crippen molar-refractivity contribution in [3.8, 4) is 0 Å². The maximum absolute atomic E-state index is 12.9. The largest absolute Gasteiger partial charge is 0.458 e. The molecule has 0 radical (unpaired) electrons.